The van der Waals surface area contributed by atoms with Gasteiger partial charge in [0.2, 0.25) is 6.41 Å². The molecular formula is C12H10N2O3S. The number of benzene rings is 1. The van der Waals surface area contributed by atoms with Crippen LogP contribution in [0.3, 0.4) is 0 Å². The molecule has 1 aliphatic heterocycles. The number of amides is 1. The number of nitrogens with zero attached hydrogens (tertiary/aromatic N) is 1. The van der Waals surface area contributed by atoms with Crippen LogP contribution in [0.1, 0.15) is 11.8 Å². The molecule has 2 heterocycles. The largest absolute Gasteiger partial charge is 0.485 e. The standard InChI is InChI=1S/C12H10N2O3S/c15-7-13-12-14-8(6-18-12)11-5-16-9-3-1-2-4-10(9)17-11/h1-4,6-7,11H,5H2,(H,13,14,15)/t11-/m1/s1. The van der Waals surface area contributed by atoms with Gasteiger partial charge in [0.05, 0.1) is 5.69 Å². The van der Waals surface area contributed by atoms with Gasteiger partial charge in [-0.05, 0) is 12.1 Å². The molecule has 0 spiro atoms. The second-order valence-electron chi connectivity index (χ2n) is 3.70. The Bertz CT molecular complexity index is 570. The van der Waals surface area contributed by atoms with Crippen LogP contribution < -0.4 is 14.8 Å². The molecular weight excluding hydrogens is 252 g/mol. The lowest BCUT2D eigenvalue weighted by Gasteiger charge is -2.25. The number of carbonyl (C=O) groups is 1. The molecule has 1 atom stereocenters. The molecule has 1 aliphatic rings. The molecule has 0 unspecified atom stereocenters. The lowest BCUT2D eigenvalue weighted by Crippen LogP contribution is -2.21. The van der Waals surface area contributed by atoms with Crippen molar-refractivity contribution in [3.05, 3.63) is 35.3 Å². The molecule has 0 bridgehead atoms. The van der Waals surface area contributed by atoms with Crippen LogP contribution in [-0.4, -0.2) is 18.0 Å². The predicted octanol–water partition coefficient (Wildman–Crippen LogP) is 2.22. The second-order valence-corrected chi connectivity index (χ2v) is 4.56. The molecule has 5 nitrogen and oxygen atoms in total. The fourth-order valence-corrected chi connectivity index (χ4v) is 2.43. The topological polar surface area (TPSA) is 60.5 Å². The first kappa shape index (κ1) is 11.0. The molecule has 0 fully saturated rings. The fraction of sp³-hybridized carbons (Fsp3) is 0.167. The number of carbonyl (C=O) groups excluding carboxylic acids is 1. The van der Waals surface area contributed by atoms with E-state index >= 15 is 0 Å². The lowest BCUT2D eigenvalue weighted by atomic mass is 10.2. The highest BCUT2D eigenvalue weighted by molar-refractivity contribution is 7.13. The van der Waals surface area contributed by atoms with E-state index in [4.69, 9.17) is 9.47 Å². The Balaban J connectivity index is 1.80. The molecule has 1 N–H and O–H groups in total. The van der Waals surface area contributed by atoms with Gasteiger partial charge in [-0.3, -0.25) is 4.79 Å². The molecule has 92 valence electrons. The number of ether oxygens (including phenoxy) is 2. The molecule has 0 radical (unpaired) electrons. The van der Waals surface area contributed by atoms with E-state index in [2.05, 4.69) is 10.3 Å². The third kappa shape index (κ3) is 2.02. The van der Waals surface area contributed by atoms with Crippen molar-refractivity contribution in [2.24, 2.45) is 0 Å². The number of hydrogen-bond donors (Lipinski definition) is 1. The maximum absolute atomic E-state index is 10.3. The Kier molecular flexibility index (Phi) is 2.85. The zero-order valence-electron chi connectivity index (χ0n) is 9.33. The van der Waals surface area contributed by atoms with Gasteiger partial charge in [0.1, 0.15) is 6.61 Å². The maximum Gasteiger partial charge on any atom is 0.213 e. The smallest absolute Gasteiger partial charge is 0.213 e. The summed E-state index contributed by atoms with van der Waals surface area (Å²) in [6.45, 7) is 0.418. The first-order chi connectivity index (χ1) is 8.86. The molecule has 3 rings (SSSR count). The lowest BCUT2D eigenvalue weighted by molar-refractivity contribution is -0.105. The Morgan fingerprint density at radius 2 is 2.22 bits per heavy atom. The summed E-state index contributed by atoms with van der Waals surface area (Å²) in [5.41, 5.74) is 0.763. The quantitative estimate of drug-likeness (QED) is 0.862. The van der Waals surface area contributed by atoms with Gasteiger partial charge in [0, 0.05) is 5.38 Å². The third-order valence-electron chi connectivity index (χ3n) is 2.54. The Labute approximate surface area is 107 Å². The van der Waals surface area contributed by atoms with Crippen LogP contribution in [0.4, 0.5) is 5.13 Å². The highest BCUT2D eigenvalue weighted by atomic mass is 32.1. The third-order valence-corrected chi connectivity index (χ3v) is 3.33. The Morgan fingerprint density at radius 3 is 3.06 bits per heavy atom. The number of thiazole rings is 1. The molecule has 1 aromatic carbocycles. The molecule has 0 saturated heterocycles. The van der Waals surface area contributed by atoms with Gasteiger partial charge >= 0.3 is 0 Å². The average Bonchev–Trinajstić information content (AvgIpc) is 2.87. The Morgan fingerprint density at radius 1 is 1.39 bits per heavy atom. The first-order valence-electron chi connectivity index (χ1n) is 5.41. The molecule has 1 aromatic heterocycles. The number of rotatable bonds is 3. The van der Waals surface area contributed by atoms with Crippen molar-refractivity contribution < 1.29 is 14.3 Å². The van der Waals surface area contributed by atoms with Crippen LogP contribution in [0.25, 0.3) is 0 Å². The minimum absolute atomic E-state index is 0.238. The van der Waals surface area contributed by atoms with E-state index in [1.165, 1.54) is 11.3 Å². The van der Waals surface area contributed by atoms with E-state index in [1.807, 2.05) is 29.6 Å². The van der Waals surface area contributed by atoms with Crippen molar-refractivity contribution in [1.29, 1.82) is 0 Å². The van der Waals surface area contributed by atoms with Crippen LogP contribution >= 0.6 is 11.3 Å². The SMILES string of the molecule is O=CNc1nc([C@H]2COc3ccccc3O2)cs1. The molecule has 2 aromatic rings. The number of anilines is 1. The zero-order valence-corrected chi connectivity index (χ0v) is 10.1. The van der Waals surface area contributed by atoms with E-state index in [0.717, 1.165) is 11.4 Å². The van der Waals surface area contributed by atoms with E-state index in [9.17, 15) is 4.79 Å². The van der Waals surface area contributed by atoms with E-state index in [-0.39, 0.29) is 6.10 Å². The summed E-state index contributed by atoms with van der Waals surface area (Å²) >= 11 is 1.36. The van der Waals surface area contributed by atoms with Gasteiger partial charge in [-0.25, -0.2) is 4.98 Å². The predicted molar refractivity (Wildman–Crippen MR) is 67.1 cm³/mol. The van der Waals surface area contributed by atoms with E-state index < -0.39 is 0 Å². The fourth-order valence-electron chi connectivity index (χ4n) is 1.72. The summed E-state index contributed by atoms with van der Waals surface area (Å²) in [7, 11) is 0. The van der Waals surface area contributed by atoms with Crippen LogP contribution in [-0.2, 0) is 4.79 Å². The zero-order chi connectivity index (χ0) is 12.4. The van der Waals surface area contributed by atoms with Crippen molar-refractivity contribution in [1.82, 2.24) is 4.98 Å². The van der Waals surface area contributed by atoms with Gasteiger partial charge in [-0.2, -0.15) is 0 Å². The van der Waals surface area contributed by atoms with E-state index in [0.29, 0.717) is 23.9 Å². The number of aromatic nitrogens is 1. The normalized spacial score (nSPS) is 17.2. The average molecular weight is 262 g/mol. The summed E-state index contributed by atoms with van der Waals surface area (Å²) in [6.07, 6.45) is 0.370. The van der Waals surface area contributed by atoms with Crippen LogP contribution in [0.2, 0.25) is 0 Å². The van der Waals surface area contributed by atoms with Gasteiger partial charge in [0.25, 0.3) is 0 Å². The van der Waals surface area contributed by atoms with Gasteiger partial charge in [0.15, 0.2) is 22.7 Å². The second kappa shape index (κ2) is 4.66. The number of nitrogens with one attached hydrogen (secondary N) is 1. The van der Waals surface area contributed by atoms with Crippen LogP contribution in [0, 0.1) is 0 Å². The summed E-state index contributed by atoms with van der Waals surface area (Å²) in [4.78, 5) is 14.6. The highest BCUT2D eigenvalue weighted by Gasteiger charge is 2.24. The van der Waals surface area contributed by atoms with Crippen molar-refractivity contribution in [2.75, 3.05) is 11.9 Å². The van der Waals surface area contributed by atoms with Crippen molar-refractivity contribution in [3.8, 4) is 11.5 Å². The van der Waals surface area contributed by atoms with Crippen molar-refractivity contribution in [2.45, 2.75) is 6.10 Å². The summed E-state index contributed by atoms with van der Waals surface area (Å²) < 4.78 is 11.4. The minimum atomic E-state index is -0.238. The number of fused-ring (bicyclic) bond motifs is 1. The highest BCUT2D eigenvalue weighted by Crippen LogP contribution is 2.36. The summed E-state index contributed by atoms with van der Waals surface area (Å²) in [6, 6.07) is 7.52. The first-order valence-corrected chi connectivity index (χ1v) is 6.29. The molecule has 18 heavy (non-hydrogen) atoms. The number of para-hydroxylation sites is 2. The summed E-state index contributed by atoms with van der Waals surface area (Å²) in [5.74, 6) is 1.46. The van der Waals surface area contributed by atoms with Gasteiger partial charge in [-0.1, -0.05) is 12.1 Å². The maximum atomic E-state index is 10.3. The molecule has 0 aliphatic carbocycles. The van der Waals surface area contributed by atoms with Gasteiger partial charge < -0.3 is 14.8 Å². The van der Waals surface area contributed by atoms with Crippen LogP contribution in [0.5, 0.6) is 11.5 Å². The molecule has 1 amide bonds. The molecule has 0 saturated carbocycles. The summed E-state index contributed by atoms with van der Waals surface area (Å²) in [5, 5.41) is 4.93. The van der Waals surface area contributed by atoms with Crippen molar-refractivity contribution >= 4 is 22.9 Å². The van der Waals surface area contributed by atoms with Crippen molar-refractivity contribution in [3.63, 3.8) is 0 Å². The minimum Gasteiger partial charge on any atom is -0.485 e. The van der Waals surface area contributed by atoms with Crippen LogP contribution in [0.15, 0.2) is 29.6 Å². The van der Waals surface area contributed by atoms with Gasteiger partial charge in [-0.15, -0.1) is 11.3 Å². The monoisotopic (exact) mass is 262 g/mol. The number of hydrogen-bond acceptors (Lipinski definition) is 5. The molecule has 6 heteroatoms. The van der Waals surface area contributed by atoms with E-state index in [1.54, 1.807) is 0 Å². The Hall–Kier alpha value is -2.08.